The Kier molecular flexibility index (Phi) is 1.12. The maximum Gasteiger partial charge on any atom is 0.0800 e. The van der Waals surface area contributed by atoms with Gasteiger partial charge in [-0.15, -0.1) is 0 Å². The van der Waals surface area contributed by atoms with Crippen molar-refractivity contribution < 1.29 is 0 Å². The van der Waals surface area contributed by atoms with Crippen LogP contribution in [0.5, 0.6) is 0 Å². The zero-order valence-electron chi connectivity index (χ0n) is 4.74. The second-order valence-corrected chi connectivity index (χ2v) is 2.70. The predicted octanol–water partition coefficient (Wildman–Crippen LogP) is 1.96. The van der Waals surface area contributed by atoms with Gasteiger partial charge in [-0.05, 0) is 11.5 Å². The first-order valence-corrected chi connectivity index (χ1v) is 3.59. The van der Waals surface area contributed by atoms with Crippen molar-refractivity contribution in [3.05, 3.63) is 41.4 Å². The molecule has 2 radical (unpaired) electrons. The Morgan fingerprint density at radius 2 is 2.44 bits per heavy atom. The Hall–Kier alpha value is -0.630. The van der Waals surface area contributed by atoms with Crippen LogP contribution >= 0.6 is 11.8 Å². The zero-order valence-corrected chi connectivity index (χ0v) is 5.56. The number of fused-ring (bicyclic) bond motifs is 1. The minimum atomic E-state index is 1.23. The topological polar surface area (TPSA) is 3.24 Å². The summed E-state index contributed by atoms with van der Waals surface area (Å²) in [6.07, 6.45) is 10.9. The maximum absolute atomic E-state index is 3.01. The fourth-order valence-electron chi connectivity index (χ4n) is 0.774. The Balaban J connectivity index is 2.29. The molecule has 0 bridgehead atoms. The Morgan fingerprint density at radius 3 is 3.33 bits per heavy atom. The monoisotopic (exact) mass is 135 g/mol. The van der Waals surface area contributed by atoms with Gasteiger partial charge in [0.15, 0.2) is 0 Å². The average molecular weight is 135 g/mol. The van der Waals surface area contributed by atoms with E-state index in [0.29, 0.717) is 0 Å². The van der Waals surface area contributed by atoms with Gasteiger partial charge in [-0.3, -0.25) is 0 Å². The standard InChI is InChI=1S/C7H5NS/c1-2-4-8-5-6-9-7(8)3-1/h2-6H. The van der Waals surface area contributed by atoms with Gasteiger partial charge in [-0.25, -0.2) is 0 Å². The fourth-order valence-corrected chi connectivity index (χ4v) is 1.49. The Morgan fingerprint density at radius 1 is 1.44 bits per heavy atom. The lowest BCUT2D eigenvalue weighted by Crippen LogP contribution is -2.04. The van der Waals surface area contributed by atoms with Crippen molar-refractivity contribution in [2.45, 2.75) is 0 Å². The van der Waals surface area contributed by atoms with E-state index in [4.69, 9.17) is 0 Å². The molecule has 44 valence electrons. The molecule has 0 saturated heterocycles. The van der Waals surface area contributed by atoms with Crippen molar-refractivity contribution in [2.24, 2.45) is 0 Å². The van der Waals surface area contributed by atoms with Crippen molar-refractivity contribution in [1.29, 1.82) is 0 Å². The smallest absolute Gasteiger partial charge is 0.0800 e. The second kappa shape index (κ2) is 1.95. The molecule has 0 aromatic heterocycles. The van der Waals surface area contributed by atoms with Crippen molar-refractivity contribution in [3.63, 3.8) is 0 Å². The van der Waals surface area contributed by atoms with Gasteiger partial charge in [0.25, 0.3) is 0 Å². The molecule has 0 aromatic rings. The molecule has 2 aliphatic rings. The Labute approximate surface area is 58.7 Å². The summed E-state index contributed by atoms with van der Waals surface area (Å²) in [5, 5.41) is 3.29. The van der Waals surface area contributed by atoms with Crippen LogP contribution in [0.25, 0.3) is 0 Å². The lowest BCUT2D eigenvalue weighted by Gasteiger charge is -2.13. The third-order valence-corrected chi connectivity index (χ3v) is 2.03. The van der Waals surface area contributed by atoms with Gasteiger partial charge >= 0.3 is 0 Å². The first-order chi connectivity index (χ1) is 4.47. The van der Waals surface area contributed by atoms with E-state index in [-0.39, 0.29) is 0 Å². The molecule has 2 heterocycles. The third kappa shape index (κ3) is 0.793. The molecule has 0 aromatic carbocycles. The minimum Gasteiger partial charge on any atom is -0.318 e. The van der Waals surface area contributed by atoms with E-state index in [0.717, 1.165) is 0 Å². The molecule has 9 heavy (non-hydrogen) atoms. The minimum absolute atomic E-state index is 1.23. The number of nitrogens with zero attached hydrogens (tertiary/aromatic N) is 1. The van der Waals surface area contributed by atoms with Crippen LogP contribution in [0.2, 0.25) is 0 Å². The molecule has 0 saturated carbocycles. The summed E-state index contributed by atoms with van der Waals surface area (Å²) >= 11 is 1.72. The molecule has 0 N–H and O–H groups in total. The van der Waals surface area contributed by atoms with Crippen molar-refractivity contribution in [3.8, 4) is 0 Å². The van der Waals surface area contributed by atoms with Crippen LogP contribution in [0.3, 0.4) is 0 Å². The van der Waals surface area contributed by atoms with Crippen molar-refractivity contribution in [1.82, 2.24) is 4.90 Å². The van der Waals surface area contributed by atoms with E-state index >= 15 is 0 Å². The van der Waals surface area contributed by atoms with Gasteiger partial charge in [-0.1, -0.05) is 17.8 Å². The first kappa shape index (κ1) is 5.18. The summed E-state index contributed by atoms with van der Waals surface area (Å²) in [5.74, 6) is 0. The first-order valence-electron chi connectivity index (χ1n) is 2.71. The van der Waals surface area contributed by atoms with Crippen LogP contribution in [0, 0.1) is 6.42 Å². The molecule has 0 unspecified atom stereocenters. The summed E-state index contributed by atoms with van der Waals surface area (Å²) in [6, 6.07) is 0. The van der Waals surface area contributed by atoms with Crippen LogP contribution in [-0.4, -0.2) is 4.90 Å². The van der Waals surface area contributed by atoms with Crippen LogP contribution in [0.15, 0.2) is 35.0 Å². The van der Waals surface area contributed by atoms with Crippen molar-refractivity contribution in [2.75, 3.05) is 0 Å². The number of hydrogen-bond donors (Lipinski definition) is 0. The van der Waals surface area contributed by atoms with Gasteiger partial charge in [0.05, 0.1) is 5.03 Å². The predicted molar refractivity (Wildman–Crippen MR) is 39.0 cm³/mol. The van der Waals surface area contributed by atoms with Crippen LogP contribution in [-0.2, 0) is 0 Å². The van der Waals surface area contributed by atoms with E-state index < -0.39 is 0 Å². The van der Waals surface area contributed by atoms with Gasteiger partial charge in [0.2, 0.25) is 0 Å². The quantitative estimate of drug-likeness (QED) is 0.499. The highest BCUT2D eigenvalue weighted by Gasteiger charge is 2.10. The van der Waals surface area contributed by atoms with Crippen LogP contribution in [0.4, 0.5) is 0 Å². The number of rotatable bonds is 0. The summed E-state index contributed by atoms with van der Waals surface area (Å²) in [7, 11) is 0. The SMILES string of the molecule is [C]1C=CN2C=CSC2=C1. The molecule has 0 spiro atoms. The molecule has 1 nitrogen and oxygen atoms in total. The Bertz CT molecular complexity index is 203. The summed E-state index contributed by atoms with van der Waals surface area (Å²) in [6.45, 7) is 0. The van der Waals surface area contributed by atoms with E-state index in [1.807, 2.05) is 24.6 Å². The van der Waals surface area contributed by atoms with Gasteiger partial charge < -0.3 is 4.90 Å². The lowest BCUT2D eigenvalue weighted by atomic mass is 10.3. The van der Waals surface area contributed by atoms with Crippen molar-refractivity contribution >= 4 is 11.8 Å². The normalized spacial score (nSPS) is 22.2. The highest BCUT2D eigenvalue weighted by Crippen LogP contribution is 2.31. The van der Waals surface area contributed by atoms with Crippen LogP contribution in [0.1, 0.15) is 0 Å². The van der Waals surface area contributed by atoms with E-state index in [9.17, 15) is 0 Å². The number of thioether (sulfide) groups is 1. The summed E-state index contributed by atoms with van der Waals surface area (Å²) in [4.78, 5) is 2.07. The molecular weight excluding hydrogens is 130 g/mol. The highest BCUT2D eigenvalue weighted by atomic mass is 32.2. The largest absolute Gasteiger partial charge is 0.318 e. The van der Waals surface area contributed by atoms with E-state index in [2.05, 4.69) is 16.7 Å². The molecule has 2 aliphatic heterocycles. The van der Waals surface area contributed by atoms with Gasteiger partial charge in [-0.2, -0.15) is 0 Å². The second-order valence-electron chi connectivity index (χ2n) is 1.78. The number of allylic oxidation sites excluding steroid dienone is 2. The summed E-state index contributed by atoms with van der Waals surface area (Å²) < 4.78 is 0. The van der Waals surface area contributed by atoms with Crippen LogP contribution < -0.4 is 0 Å². The molecule has 2 heteroatoms. The highest BCUT2D eigenvalue weighted by molar-refractivity contribution is 8.06. The molecule has 0 fully saturated rings. The van der Waals surface area contributed by atoms with E-state index in [1.54, 1.807) is 11.8 Å². The third-order valence-electron chi connectivity index (χ3n) is 1.20. The number of hydrogen-bond acceptors (Lipinski definition) is 2. The van der Waals surface area contributed by atoms with Gasteiger partial charge in [0.1, 0.15) is 0 Å². The molecular formula is C7H5NS. The zero-order chi connectivity index (χ0) is 6.10. The molecule has 0 aliphatic carbocycles. The fraction of sp³-hybridized carbons (Fsp3) is 0. The average Bonchev–Trinajstić information content (AvgIpc) is 2.33. The lowest BCUT2D eigenvalue weighted by molar-refractivity contribution is 0.678. The van der Waals surface area contributed by atoms with Gasteiger partial charge in [0, 0.05) is 18.8 Å². The molecule has 2 rings (SSSR count). The van der Waals surface area contributed by atoms with E-state index in [1.165, 1.54) is 5.03 Å². The molecule has 0 amide bonds. The maximum atomic E-state index is 3.01. The summed E-state index contributed by atoms with van der Waals surface area (Å²) in [5.41, 5.74) is 0. The molecule has 0 atom stereocenters.